The molecule has 0 radical (unpaired) electrons. The van der Waals surface area contributed by atoms with E-state index in [2.05, 4.69) is 16.7 Å². The number of aliphatic hydroxyl groups is 1. The molecule has 5 rings (SSSR count). The summed E-state index contributed by atoms with van der Waals surface area (Å²) in [6.07, 6.45) is 3.89. The number of aromatic nitrogens is 2. The van der Waals surface area contributed by atoms with Crippen LogP contribution in [0.3, 0.4) is 0 Å². The van der Waals surface area contributed by atoms with E-state index in [1.54, 1.807) is 13.2 Å². The summed E-state index contributed by atoms with van der Waals surface area (Å²) in [5.74, 6) is 2.04. The third-order valence-electron chi connectivity index (χ3n) is 8.89. The van der Waals surface area contributed by atoms with Crippen molar-refractivity contribution >= 4 is 28.7 Å². The van der Waals surface area contributed by atoms with Gasteiger partial charge in [-0.15, -0.1) is 0 Å². The second kappa shape index (κ2) is 12.0. The van der Waals surface area contributed by atoms with E-state index < -0.39 is 6.10 Å². The van der Waals surface area contributed by atoms with Crippen LogP contribution in [0.2, 0.25) is 5.02 Å². The van der Waals surface area contributed by atoms with Crippen LogP contribution >= 0.6 is 11.6 Å². The zero-order valence-corrected chi connectivity index (χ0v) is 26.0. The van der Waals surface area contributed by atoms with Gasteiger partial charge in [0.2, 0.25) is 0 Å². The van der Waals surface area contributed by atoms with Crippen LogP contribution in [0.15, 0.2) is 23.8 Å². The van der Waals surface area contributed by atoms with E-state index in [1.165, 1.54) is 12.8 Å². The van der Waals surface area contributed by atoms with Crippen LogP contribution in [0.1, 0.15) is 64.6 Å². The van der Waals surface area contributed by atoms with Crippen LogP contribution < -0.4 is 9.64 Å². The Kier molecular flexibility index (Phi) is 8.76. The molecule has 41 heavy (non-hydrogen) atoms. The molecule has 1 aromatic heterocycles. The van der Waals surface area contributed by atoms with Gasteiger partial charge in [-0.3, -0.25) is 4.90 Å². The molecule has 9 heteroatoms. The molecule has 1 aliphatic carbocycles. The molecule has 3 aliphatic rings. The van der Waals surface area contributed by atoms with Gasteiger partial charge in [-0.2, -0.15) is 0 Å². The highest BCUT2D eigenvalue weighted by Crippen LogP contribution is 2.52. The molecule has 222 valence electrons. The summed E-state index contributed by atoms with van der Waals surface area (Å²) in [6.45, 7) is 14.2. The summed E-state index contributed by atoms with van der Waals surface area (Å²) in [5, 5.41) is 19.2. The van der Waals surface area contributed by atoms with Gasteiger partial charge in [0.25, 0.3) is 0 Å². The third kappa shape index (κ3) is 6.03. The molecular weight excluding hydrogens is 538 g/mol. The molecule has 2 aliphatic heterocycles. The fraction of sp³-hybridized carbons (Fsp3) is 0.594. The Balaban J connectivity index is 1.43. The second-order valence-electron chi connectivity index (χ2n) is 12.5. The number of hydrogen-bond donors (Lipinski definition) is 2. The van der Waals surface area contributed by atoms with E-state index in [4.69, 9.17) is 36.5 Å². The van der Waals surface area contributed by atoms with Gasteiger partial charge in [-0.1, -0.05) is 30.5 Å². The first-order chi connectivity index (χ1) is 19.5. The van der Waals surface area contributed by atoms with Crippen LogP contribution in [-0.4, -0.2) is 83.8 Å². The maximum absolute atomic E-state index is 10.2. The van der Waals surface area contributed by atoms with Gasteiger partial charge in [0.05, 0.1) is 22.9 Å². The summed E-state index contributed by atoms with van der Waals surface area (Å²) in [6, 6.07) is 6.12. The Morgan fingerprint density at radius 3 is 2.51 bits per heavy atom. The number of likely N-dealkylation sites (tertiary alicyclic amines) is 1. The summed E-state index contributed by atoms with van der Waals surface area (Å²) < 4.78 is 11.4. The van der Waals surface area contributed by atoms with Gasteiger partial charge < -0.3 is 24.9 Å². The zero-order chi connectivity index (χ0) is 29.5. The molecule has 3 fully saturated rings. The standard InChI is InChI=1S/C32H44ClN5O3/c1-7-8-23(39)16-41-24-9-10-27(33)26(11-24)30-35-29(28(19(2)3)21(5)34)20(4)31(36-30)38-17-32(18-38)12-22(13-32)37-14-25(15-37)40-6/h9-11,22-23,25,34,39H,7-8,12-18H2,1-6H3/t23-/m1/s1. The van der Waals surface area contributed by atoms with Crippen LogP contribution in [0.5, 0.6) is 5.75 Å². The number of halogens is 1. The molecule has 2 aromatic rings. The van der Waals surface area contributed by atoms with Gasteiger partial charge in [-0.05, 0) is 65.2 Å². The SMILES string of the molecule is CCC[C@@H](O)COc1ccc(Cl)c(-c2nc(C(C(C)=N)=C(C)C)c(C)c(N3CC4(CC(N5CC(OC)C5)C4)C3)n2)c1. The molecule has 1 spiro atoms. The maximum atomic E-state index is 10.2. The molecule has 1 aromatic carbocycles. The lowest BCUT2D eigenvalue weighted by Gasteiger charge is -2.63. The van der Waals surface area contributed by atoms with E-state index in [9.17, 15) is 5.11 Å². The number of nitrogens with one attached hydrogen (secondary N) is 1. The Morgan fingerprint density at radius 2 is 1.90 bits per heavy atom. The monoisotopic (exact) mass is 581 g/mol. The van der Waals surface area contributed by atoms with Gasteiger partial charge in [0.15, 0.2) is 5.82 Å². The van der Waals surface area contributed by atoms with Crippen LogP contribution in [0, 0.1) is 17.7 Å². The Bertz CT molecular complexity index is 1320. The van der Waals surface area contributed by atoms with Crippen molar-refractivity contribution in [2.75, 3.05) is 44.8 Å². The molecule has 2 saturated heterocycles. The highest BCUT2D eigenvalue weighted by atomic mass is 35.5. The highest BCUT2D eigenvalue weighted by molar-refractivity contribution is 6.33. The minimum atomic E-state index is -0.518. The number of aliphatic hydroxyl groups excluding tert-OH is 1. The van der Waals surface area contributed by atoms with Crippen molar-refractivity contribution in [1.82, 2.24) is 14.9 Å². The number of methoxy groups -OCH3 is 1. The normalized spacial score (nSPS) is 19.4. The van der Waals surface area contributed by atoms with Gasteiger partial charge in [-0.25, -0.2) is 9.97 Å². The van der Waals surface area contributed by atoms with Gasteiger partial charge in [0.1, 0.15) is 18.2 Å². The Morgan fingerprint density at radius 1 is 1.20 bits per heavy atom. The summed E-state index contributed by atoms with van der Waals surface area (Å²) in [5.41, 5.74) is 5.14. The largest absolute Gasteiger partial charge is 0.491 e. The number of ether oxygens (including phenoxy) is 2. The molecule has 8 nitrogen and oxygen atoms in total. The molecule has 2 N–H and O–H groups in total. The number of allylic oxidation sites excluding steroid dienone is 2. The van der Waals surface area contributed by atoms with Crippen molar-refractivity contribution in [1.29, 1.82) is 5.41 Å². The average Bonchev–Trinajstić information content (AvgIpc) is 2.84. The number of benzene rings is 1. The summed E-state index contributed by atoms with van der Waals surface area (Å²) >= 11 is 6.72. The van der Waals surface area contributed by atoms with Crippen LogP contribution in [0.4, 0.5) is 5.82 Å². The fourth-order valence-corrected chi connectivity index (χ4v) is 6.83. The first-order valence-electron chi connectivity index (χ1n) is 14.8. The van der Waals surface area contributed by atoms with Crippen molar-refractivity contribution in [3.63, 3.8) is 0 Å². The van der Waals surface area contributed by atoms with E-state index in [0.717, 1.165) is 60.8 Å². The van der Waals surface area contributed by atoms with E-state index in [1.807, 2.05) is 39.8 Å². The molecular formula is C32H44ClN5O3. The molecule has 1 atom stereocenters. The molecule has 0 unspecified atom stereocenters. The predicted octanol–water partition coefficient (Wildman–Crippen LogP) is 5.78. The second-order valence-corrected chi connectivity index (χ2v) is 12.9. The van der Waals surface area contributed by atoms with Gasteiger partial charge >= 0.3 is 0 Å². The van der Waals surface area contributed by atoms with Crippen molar-refractivity contribution < 1.29 is 14.6 Å². The van der Waals surface area contributed by atoms with Crippen molar-refractivity contribution in [3.05, 3.63) is 40.1 Å². The predicted molar refractivity (Wildman–Crippen MR) is 165 cm³/mol. The lowest BCUT2D eigenvalue weighted by atomic mass is 9.59. The number of rotatable bonds is 11. The molecule has 0 bridgehead atoms. The maximum Gasteiger partial charge on any atom is 0.163 e. The first-order valence-corrected chi connectivity index (χ1v) is 15.2. The zero-order valence-electron chi connectivity index (χ0n) is 25.3. The number of nitrogens with zero attached hydrogens (tertiary/aromatic N) is 4. The summed E-state index contributed by atoms with van der Waals surface area (Å²) in [7, 11) is 1.80. The third-order valence-corrected chi connectivity index (χ3v) is 9.22. The average molecular weight is 582 g/mol. The van der Waals surface area contributed by atoms with Gasteiger partial charge in [0, 0.05) is 67.2 Å². The highest BCUT2D eigenvalue weighted by Gasteiger charge is 2.55. The van der Waals surface area contributed by atoms with Crippen molar-refractivity contribution in [2.24, 2.45) is 5.41 Å². The molecule has 1 saturated carbocycles. The lowest BCUT2D eigenvalue weighted by molar-refractivity contribution is -0.106. The van der Waals surface area contributed by atoms with E-state index in [0.29, 0.717) is 51.9 Å². The number of hydrogen-bond acceptors (Lipinski definition) is 8. The minimum absolute atomic E-state index is 0.218. The van der Waals surface area contributed by atoms with Crippen molar-refractivity contribution in [3.8, 4) is 17.1 Å². The first kappa shape index (κ1) is 30.0. The number of anilines is 1. The van der Waals surface area contributed by atoms with Crippen molar-refractivity contribution in [2.45, 2.75) is 78.6 Å². The smallest absolute Gasteiger partial charge is 0.163 e. The van der Waals surface area contributed by atoms with E-state index in [-0.39, 0.29) is 6.61 Å². The Hall–Kier alpha value is -2.52. The topological polar surface area (TPSA) is 94.8 Å². The fourth-order valence-electron chi connectivity index (χ4n) is 6.63. The minimum Gasteiger partial charge on any atom is -0.491 e. The molecule has 3 heterocycles. The quantitative estimate of drug-likeness (QED) is 0.325. The van der Waals surface area contributed by atoms with E-state index >= 15 is 0 Å². The molecule has 0 amide bonds. The Labute approximate surface area is 249 Å². The van der Waals surface area contributed by atoms with Crippen LogP contribution in [0.25, 0.3) is 17.0 Å². The van der Waals surface area contributed by atoms with Crippen LogP contribution in [-0.2, 0) is 4.74 Å². The lowest BCUT2D eigenvalue weighted by Crippen LogP contribution is -2.70. The summed E-state index contributed by atoms with van der Waals surface area (Å²) in [4.78, 5) is 15.0.